The van der Waals surface area contributed by atoms with Gasteiger partial charge >= 0.3 is 0 Å². The minimum absolute atomic E-state index is 0.0315. The van der Waals surface area contributed by atoms with E-state index in [1.54, 1.807) is 0 Å². The van der Waals surface area contributed by atoms with Crippen LogP contribution in [0.1, 0.15) is 38.7 Å². The summed E-state index contributed by atoms with van der Waals surface area (Å²) in [5.41, 5.74) is 2.00. The van der Waals surface area contributed by atoms with Gasteiger partial charge in [-0.2, -0.15) is 0 Å². The van der Waals surface area contributed by atoms with E-state index < -0.39 is 6.10 Å². The van der Waals surface area contributed by atoms with E-state index in [9.17, 15) is 10.2 Å². The van der Waals surface area contributed by atoms with Gasteiger partial charge in [-0.3, -0.25) is 4.90 Å². The summed E-state index contributed by atoms with van der Waals surface area (Å²) >= 11 is 0. The molecule has 0 bridgehead atoms. The summed E-state index contributed by atoms with van der Waals surface area (Å²) in [6.07, 6.45) is 5.30. The van der Waals surface area contributed by atoms with Crippen LogP contribution < -0.4 is 0 Å². The third-order valence-electron chi connectivity index (χ3n) is 5.25. The lowest BCUT2D eigenvalue weighted by Gasteiger charge is -2.40. The highest BCUT2D eigenvalue weighted by molar-refractivity contribution is 5.83. The Balaban J connectivity index is 1.74. The molecule has 3 rings (SSSR count). The molecule has 2 aromatic rings. The van der Waals surface area contributed by atoms with E-state index in [4.69, 9.17) is 0 Å². The SMILES string of the molecule is CC1CCCC(C)N1CC(O)Cn1cc(CO)c2ccccc21. The maximum atomic E-state index is 10.6. The van der Waals surface area contributed by atoms with E-state index in [1.807, 2.05) is 30.5 Å². The van der Waals surface area contributed by atoms with Crippen LogP contribution in [0.3, 0.4) is 0 Å². The van der Waals surface area contributed by atoms with Crippen LogP contribution in [0, 0.1) is 0 Å². The van der Waals surface area contributed by atoms with Gasteiger partial charge in [0.25, 0.3) is 0 Å². The van der Waals surface area contributed by atoms with Crippen molar-refractivity contribution in [2.75, 3.05) is 6.54 Å². The molecule has 0 aliphatic carbocycles. The van der Waals surface area contributed by atoms with Crippen molar-refractivity contribution in [3.8, 4) is 0 Å². The summed E-state index contributed by atoms with van der Waals surface area (Å²) in [5.74, 6) is 0. The van der Waals surface area contributed by atoms with Crippen molar-refractivity contribution in [3.05, 3.63) is 36.0 Å². The lowest BCUT2D eigenvalue weighted by Crippen LogP contribution is -2.47. The Morgan fingerprint density at radius 2 is 1.83 bits per heavy atom. The highest BCUT2D eigenvalue weighted by Gasteiger charge is 2.26. The Morgan fingerprint density at radius 3 is 2.52 bits per heavy atom. The molecule has 1 fully saturated rings. The second-order valence-electron chi connectivity index (χ2n) is 6.96. The van der Waals surface area contributed by atoms with Crippen molar-refractivity contribution in [3.63, 3.8) is 0 Å². The minimum atomic E-state index is -0.402. The fourth-order valence-corrected chi connectivity index (χ4v) is 3.96. The third-order valence-corrected chi connectivity index (χ3v) is 5.25. The molecule has 1 aliphatic heterocycles. The van der Waals surface area contributed by atoms with Crippen molar-refractivity contribution in [1.29, 1.82) is 0 Å². The zero-order chi connectivity index (χ0) is 16.4. The number of hydrogen-bond donors (Lipinski definition) is 2. The molecule has 3 unspecified atom stereocenters. The van der Waals surface area contributed by atoms with Crippen LogP contribution in [-0.4, -0.2) is 44.4 Å². The Bertz CT molecular complexity index is 642. The number of rotatable bonds is 5. The molecule has 1 aromatic carbocycles. The molecule has 4 nitrogen and oxygen atoms in total. The molecule has 2 heterocycles. The topological polar surface area (TPSA) is 48.6 Å². The fraction of sp³-hybridized carbons (Fsp3) is 0.579. The lowest BCUT2D eigenvalue weighted by molar-refractivity contribution is 0.0352. The summed E-state index contributed by atoms with van der Waals surface area (Å²) in [7, 11) is 0. The predicted molar refractivity (Wildman–Crippen MR) is 93.3 cm³/mol. The highest BCUT2D eigenvalue weighted by Crippen LogP contribution is 2.24. The van der Waals surface area contributed by atoms with E-state index >= 15 is 0 Å². The number of piperidine rings is 1. The van der Waals surface area contributed by atoms with Gasteiger partial charge in [-0.1, -0.05) is 24.6 Å². The number of benzene rings is 1. The molecule has 0 saturated carbocycles. The number of aliphatic hydroxyl groups is 2. The number of β-amino-alcohol motifs (C(OH)–C–C–N with tert-alkyl or cyclic N) is 1. The number of aliphatic hydroxyl groups excluding tert-OH is 2. The lowest BCUT2D eigenvalue weighted by atomic mass is 9.97. The second-order valence-corrected chi connectivity index (χ2v) is 6.96. The van der Waals surface area contributed by atoms with Gasteiger partial charge in [0.2, 0.25) is 0 Å². The molecule has 2 N–H and O–H groups in total. The van der Waals surface area contributed by atoms with Gasteiger partial charge in [0.15, 0.2) is 0 Å². The van der Waals surface area contributed by atoms with Gasteiger partial charge in [0.05, 0.1) is 12.7 Å². The zero-order valence-corrected chi connectivity index (χ0v) is 14.2. The first-order valence-corrected chi connectivity index (χ1v) is 8.71. The number of aromatic nitrogens is 1. The molecule has 0 amide bonds. The van der Waals surface area contributed by atoms with E-state index in [2.05, 4.69) is 23.3 Å². The molecule has 1 aromatic heterocycles. The van der Waals surface area contributed by atoms with E-state index in [-0.39, 0.29) is 6.61 Å². The first-order valence-electron chi connectivity index (χ1n) is 8.71. The summed E-state index contributed by atoms with van der Waals surface area (Å²) in [6, 6.07) is 9.15. The average molecular weight is 316 g/mol. The summed E-state index contributed by atoms with van der Waals surface area (Å²) < 4.78 is 2.07. The molecule has 0 radical (unpaired) electrons. The maximum Gasteiger partial charge on any atom is 0.0845 e. The van der Waals surface area contributed by atoms with E-state index in [0.29, 0.717) is 25.2 Å². The third kappa shape index (κ3) is 3.44. The fourth-order valence-electron chi connectivity index (χ4n) is 3.96. The molecular weight excluding hydrogens is 288 g/mol. The smallest absolute Gasteiger partial charge is 0.0845 e. The van der Waals surface area contributed by atoms with Crippen LogP contribution in [0.4, 0.5) is 0 Å². The van der Waals surface area contributed by atoms with Crippen LogP contribution in [0.15, 0.2) is 30.5 Å². The number of hydrogen-bond acceptors (Lipinski definition) is 3. The summed E-state index contributed by atoms with van der Waals surface area (Å²) in [6.45, 7) is 5.83. The van der Waals surface area contributed by atoms with Crippen molar-refractivity contribution >= 4 is 10.9 Å². The first-order chi connectivity index (χ1) is 11.1. The normalized spacial score (nSPS) is 24.2. The summed E-state index contributed by atoms with van der Waals surface area (Å²) in [5, 5.41) is 21.2. The molecule has 23 heavy (non-hydrogen) atoms. The Kier molecular flexibility index (Phi) is 5.05. The van der Waals surface area contributed by atoms with Crippen molar-refractivity contribution in [2.24, 2.45) is 0 Å². The predicted octanol–water partition coefficient (Wildman–Crippen LogP) is 2.76. The minimum Gasteiger partial charge on any atom is -0.392 e. The van der Waals surface area contributed by atoms with Crippen LogP contribution in [-0.2, 0) is 13.2 Å². The van der Waals surface area contributed by atoms with Crippen molar-refractivity contribution in [2.45, 2.75) is 64.4 Å². The molecule has 126 valence electrons. The van der Waals surface area contributed by atoms with Gasteiger partial charge < -0.3 is 14.8 Å². The molecule has 4 heteroatoms. The van der Waals surface area contributed by atoms with Gasteiger partial charge in [0.1, 0.15) is 0 Å². The monoisotopic (exact) mass is 316 g/mol. The molecular formula is C19H28N2O2. The van der Waals surface area contributed by atoms with Crippen LogP contribution in [0.25, 0.3) is 10.9 Å². The maximum absolute atomic E-state index is 10.6. The number of fused-ring (bicyclic) bond motifs is 1. The van der Waals surface area contributed by atoms with E-state index in [0.717, 1.165) is 16.5 Å². The Morgan fingerprint density at radius 1 is 1.13 bits per heavy atom. The highest BCUT2D eigenvalue weighted by atomic mass is 16.3. The van der Waals surface area contributed by atoms with Crippen LogP contribution in [0.5, 0.6) is 0 Å². The second kappa shape index (κ2) is 7.04. The number of likely N-dealkylation sites (tertiary alicyclic amines) is 1. The Labute approximate surface area is 138 Å². The molecule has 1 saturated heterocycles. The van der Waals surface area contributed by atoms with Crippen molar-refractivity contribution < 1.29 is 10.2 Å². The van der Waals surface area contributed by atoms with Gasteiger partial charge in [-0.05, 0) is 32.8 Å². The molecule has 1 aliphatic rings. The van der Waals surface area contributed by atoms with Crippen molar-refractivity contribution in [1.82, 2.24) is 9.47 Å². The molecule has 3 atom stereocenters. The summed E-state index contributed by atoms with van der Waals surface area (Å²) in [4.78, 5) is 2.44. The number of nitrogens with zero attached hydrogens (tertiary/aromatic N) is 2. The standard InChI is InChI=1S/C19H28N2O2/c1-14-6-5-7-15(2)21(14)12-17(23)11-20-10-16(13-22)18-8-3-4-9-19(18)20/h3-4,8-10,14-15,17,22-23H,5-7,11-13H2,1-2H3. The molecule has 0 spiro atoms. The largest absolute Gasteiger partial charge is 0.392 e. The zero-order valence-electron chi connectivity index (χ0n) is 14.2. The van der Waals surface area contributed by atoms with Gasteiger partial charge in [-0.15, -0.1) is 0 Å². The quantitative estimate of drug-likeness (QED) is 0.892. The average Bonchev–Trinajstić information content (AvgIpc) is 2.89. The first kappa shape index (κ1) is 16.5. The number of para-hydroxylation sites is 1. The van der Waals surface area contributed by atoms with Crippen LogP contribution in [0.2, 0.25) is 0 Å². The van der Waals surface area contributed by atoms with Gasteiger partial charge in [0, 0.05) is 47.8 Å². The Hall–Kier alpha value is -1.36. The van der Waals surface area contributed by atoms with E-state index in [1.165, 1.54) is 19.3 Å². The van der Waals surface area contributed by atoms with Crippen LogP contribution >= 0.6 is 0 Å². The van der Waals surface area contributed by atoms with Gasteiger partial charge in [-0.25, -0.2) is 0 Å².